The van der Waals surface area contributed by atoms with Crippen LogP contribution >= 0.6 is 0 Å². The molecular weight excluding hydrogens is 474 g/mol. The van der Waals surface area contributed by atoms with E-state index in [0.29, 0.717) is 17.1 Å². The van der Waals surface area contributed by atoms with Crippen molar-refractivity contribution in [3.8, 4) is 22.6 Å². The molecule has 4 aromatic carbocycles. The van der Waals surface area contributed by atoms with Crippen LogP contribution in [0.15, 0.2) is 122 Å². The summed E-state index contributed by atoms with van der Waals surface area (Å²) in [6.07, 6.45) is 3.58. The Labute approximate surface area is 222 Å². The van der Waals surface area contributed by atoms with Gasteiger partial charge < -0.3 is 19.3 Å². The van der Waals surface area contributed by atoms with Gasteiger partial charge in [-0.25, -0.2) is 4.98 Å². The lowest BCUT2D eigenvalue weighted by Gasteiger charge is -2.34. The molecule has 190 valence electrons. The van der Waals surface area contributed by atoms with Crippen molar-refractivity contribution in [2.24, 2.45) is 0 Å². The highest BCUT2D eigenvalue weighted by Gasteiger charge is 2.38. The molecule has 1 unspecified atom stereocenters. The van der Waals surface area contributed by atoms with Crippen LogP contribution in [0.25, 0.3) is 16.8 Å². The van der Waals surface area contributed by atoms with Crippen molar-refractivity contribution >= 4 is 11.7 Å². The fraction of sp³-hybridized carbons (Fsp3) is 0.125. The van der Waals surface area contributed by atoms with Crippen LogP contribution in [-0.2, 0) is 10.4 Å². The van der Waals surface area contributed by atoms with E-state index in [-0.39, 0.29) is 6.54 Å². The van der Waals surface area contributed by atoms with Crippen LogP contribution in [0.4, 0.5) is 5.69 Å². The second-order valence-corrected chi connectivity index (χ2v) is 9.17. The summed E-state index contributed by atoms with van der Waals surface area (Å²) in [6.45, 7) is 1.59. The molecule has 1 N–H and O–H groups in total. The normalized spacial score (nSPS) is 12.5. The molecule has 0 saturated heterocycles. The number of esters is 1. The van der Waals surface area contributed by atoms with Crippen LogP contribution in [0.3, 0.4) is 0 Å². The Morgan fingerprint density at radius 3 is 2.21 bits per heavy atom. The van der Waals surface area contributed by atoms with E-state index in [1.807, 2.05) is 89.4 Å². The number of nitrogens with zero attached hydrogens (tertiary/aromatic N) is 3. The Hall–Kier alpha value is -4.68. The predicted octanol–water partition coefficient (Wildman–Crippen LogP) is 5.84. The summed E-state index contributed by atoms with van der Waals surface area (Å²) in [6, 6.07) is 35.1. The molecule has 0 radical (unpaired) electrons. The monoisotopic (exact) mass is 503 g/mol. The molecule has 0 spiro atoms. The quantitative estimate of drug-likeness (QED) is 0.213. The highest BCUT2D eigenvalue weighted by Crippen LogP contribution is 2.35. The van der Waals surface area contributed by atoms with Gasteiger partial charge in [-0.15, -0.1) is 0 Å². The van der Waals surface area contributed by atoms with Crippen LogP contribution in [0.1, 0.15) is 18.3 Å². The second-order valence-electron chi connectivity index (χ2n) is 9.17. The molecule has 1 atom stereocenters. The SMILES string of the molecule is CC(=O)Oc1ccc(C(O)(CN(C)c2ccccc2)c2nccn2-c2ccccc2-c2ccccc2)cc1. The van der Waals surface area contributed by atoms with Gasteiger partial charge in [-0.1, -0.05) is 78.9 Å². The lowest BCUT2D eigenvalue weighted by atomic mass is 9.91. The predicted molar refractivity (Wildman–Crippen MR) is 149 cm³/mol. The molecule has 1 heterocycles. The minimum atomic E-state index is -1.51. The third-order valence-corrected chi connectivity index (χ3v) is 6.52. The van der Waals surface area contributed by atoms with E-state index in [1.165, 1.54) is 6.92 Å². The molecule has 0 bridgehead atoms. The van der Waals surface area contributed by atoms with E-state index in [1.54, 1.807) is 30.5 Å². The first-order chi connectivity index (χ1) is 18.5. The van der Waals surface area contributed by atoms with E-state index in [2.05, 4.69) is 18.2 Å². The lowest BCUT2D eigenvalue weighted by molar-refractivity contribution is -0.131. The number of benzene rings is 4. The highest BCUT2D eigenvalue weighted by molar-refractivity contribution is 5.73. The van der Waals surface area contributed by atoms with E-state index in [4.69, 9.17) is 9.72 Å². The minimum absolute atomic E-state index is 0.231. The van der Waals surface area contributed by atoms with E-state index < -0.39 is 11.6 Å². The summed E-state index contributed by atoms with van der Waals surface area (Å²) in [7, 11) is 1.94. The summed E-state index contributed by atoms with van der Waals surface area (Å²) in [5.74, 6) is 0.492. The van der Waals surface area contributed by atoms with Crippen molar-refractivity contribution in [3.63, 3.8) is 0 Å². The highest BCUT2D eigenvalue weighted by atomic mass is 16.5. The zero-order valence-corrected chi connectivity index (χ0v) is 21.4. The summed E-state index contributed by atoms with van der Waals surface area (Å²) >= 11 is 0. The van der Waals surface area contributed by atoms with Gasteiger partial charge in [0.25, 0.3) is 0 Å². The molecule has 0 saturated carbocycles. The number of imidazole rings is 1. The molecule has 1 aromatic heterocycles. The van der Waals surface area contributed by atoms with Gasteiger partial charge in [-0.05, 0) is 41.5 Å². The Morgan fingerprint density at radius 1 is 0.895 bits per heavy atom. The molecule has 0 aliphatic rings. The molecule has 6 nitrogen and oxygen atoms in total. The van der Waals surface area contributed by atoms with Crippen molar-refractivity contribution < 1.29 is 14.6 Å². The number of aliphatic hydroxyl groups is 1. The molecule has 5 aromatic rings. The smallest absolute Gasteiger partial charge is 0.308 e. The van der Waals surface area contributed by atoms with E-state index >= 15 is 0 Å². The zero-order chi connectivity index (χ0) is 26.5. The average molecular weight is 504 g/mol. The number of ether oxygens (including phenoxy) is 1. The Balaban J connectivity index is 1.63. The number of carbonyl (C=O) groups excluding carboxylic acids is 1. The van der Waals surface area contributed by atoms with Crippen LogP contribution < -0.4 is 9.64 Å². The number of hydrogen-bond donors (Lipinski definition) is 1. The first-order valence-corrected chi connectivity index (χ1v) is 12.4. The van der Waals surface area contributed by atoms with Gasteiger partial charge in [-0.3, -0.25) is 4.79 Å². The lowest BCUT2D eigenvalue weighted by Crippen LogP contribution is -2.42. The molecule has 5 rings (SSSR count). The second kappa shape index (κ2) is 10.7. The van der Waals surface area contributed by atoms with Crippen molar-refractivity contribution in [2.45, 2.75) is 12.5 Å². The van der Waals surface area contributed by atoms with Crippen LogP contribution in [0.2, 0.25) is 0 Å². The van der Waals surface area contributed by atoms with Crippen molar-refractivity contribution in [1.82, 2.24) is 9.55 Å². The summed E-state index contributed by atoms with van der Waals surface area (Å²) in [5, 5.41) is 12.5. The first-order valence-electron chi connectivity index (χ1n) is 12.4. The standard InChI is InChI=1S/C32H29N3O3/c1-24(36)38-28-19-17-26(18-20-28)32(37,23-34(2)27-13-7-4-8-14-27)31-33-21-22-35(31)30-16-10-9-15-29(30)25-11-5-3-6-12-25/h3-22,37H,23H2,1-2H3. The van der Waals surface area contributed by atoms with Gasteiger partial charge in [0, 0.05) is 37.6 Å². The van der Waals surface area contributed by atoms with Gasteiger partial charge >= 0.3 is 5.97 Å². The van der Waals surface area contributed by atoms with Crippen molar-refractivity contribution in [2.75, 3.05) is 18.5 Å². The summed E-state index contributed by atoms with van der Waals surface area (Å²) < 4.78 is 7.17. The molecule has 6 heteroatoms. The number of para-hydroxylation sites is 2. The fourth-order valence-corrected chi connectivity index (χ4v) is 4.72. The third-order valence-electron chi connectivity index (χ3n) is 6.52. The number of rotatable bonds is 8. The van der Waals surface area contributed by atoms with Gasteiger partial charge in [-0.2, -0.15) is 0 Å². The molecule has 0 amide bonds. The van der Waals surface area contributed by atoms with E-state index in [0.717, 1.165) is 22.5 Å². The first kappa shape index (κ1) is 25.0. The average Bonchev–Trinajstić information content (AvgIpc) is 3.45. The fourth-order valence-electron chi connectivity index (χ4n) is 4.72. The number of carbonyl (C=O) groups is 1. The number of hydrogen-bond acceptors (Lipinski definition) is 5. The van der Waals surface area contributed by atoms with Crippen molar-refractivity contribution in [3.05, 3.63) is 133 Å². The Morgan fingerprint density at radius 2 is 1.53 bits per heavy atom. The zero-order valence-electron chi connectivity index (χ0n) is 21.4. The van der Waals surface area contributed by atoms with Crippen LogP contribution in [0.5, 0.6) is 5.75 Å². The number of likely N-dealkylation sites (N-methyl/N-ethyl adjacent to an activating group) is 1. The topological polar surface area (TPSA) is 67.6 Å². The van der Waals surface area contributed by atoms with Gasteiger partial charge in [0.05, 0.1) is 12.2 Å². The third kappa shape index (κ3) is 5.08. The van der Waals surface area contributed by atoms with Gasteiger partial charge in [0.15, 0.2) is 11.4 Å². The maximum atomic E-state index is 12.5. The molecule has 0 fully saturated rings. The number of aromatic nitrogens is 2. The number of anilines is 1. The Kier molecular flexibility index (Phi) is 7.07. The molecule has 38 heavy (non-hydrogen) atoms. The summed E-state index contributed by atoms with van der Waals surface area (Å²) in [4.78, 5) is 18.1. The van der Waals surface area contributed by atoms with Crippen LogP contribution in [-0.4, -0.2) is 34.2 Å². The van der Waals surface area contributed by atoms with Gasteiger partial charge in [0.1, 0.15) is 5.75 Å². The minimum Gasteiger partial charge on any atom is -0.427 e. The van der Waals surface area contributed by atoms with Crippen LogP contribution in [0, 0.1) is 0 Å². The largest absolute Gasteiger partial charge is 0.427 e. The molecule has 0 aliphatic heterocycles. The maximum absolute atomic E-state index is 12.5. The van der Waals surface area contributed by atoms with Crippen molar-refractivity contribution in [1.29, 1.82) is 0 Å². The summed E-state index contributed by atoms with van der Waals surface area (Å²) in [5.41, 5.74) is 3.08. The Bertz CT molecular complexity index is 1510. The molecular formula is C32H29N3O3. The molecule has 0 aliphatic carbocycles. The maximum Gasteiger partial charge on any atom is 0.308 e. The van der Waals surface area contributed by atoms with E-state index in [9.17, 15) is 9.90 Å². The van der Waals surface area contributed by atoms with Gasteiger partial charge in [0.2, 0.25) is 0 Å².